The number of hydrogen-bond donors (Lipinski definition) is 1. The molecule has 2 heterocycles. The zero-order valence-corrected chi connectivity index (χ0v) is 16.9. The summed E-state index contributed by atoms with van der Waals surface area (Å²) in [6.45, 7) is 2.56. The van der Waals surface area contributed by atoms with Gasteiger partial charge in [-0.05, 0) is 61.7 Å². The van der Waals surface area contributed by atoms with E-state index in [4.69, 9.17) is 0 Å². The third kappa shape index (κ3) is 4.60. The zero-order valence-electron chi connectivity index (χ0n) is 16.9. The molecule has 0 radical (unpaired) electrons. The predicted octanol–water partition coefficient (Wildman–Crippen LogP) is 2.89. The molecular weight excluding hydrogens is 404 g/mol. The lowest BCUT2D eigenvalue weighted by Gasteiger charge is -2.31. The highest BCUT2D eigenvalue weighted by Crippen LogP contribution is 2.16. The maximum absolute atomic E-state index is 13.5. The van der Waals surface area contributed by atoms with Crippen molar-refractivity contribution in [3.63, 3.8) is 0 Å². The van der Waals surface area contributed by atoms with Gasteiger partial charge in [-0.3, -0.25) is 9.59 Å². The molecule has 1 N–H and O–H groups in total. The molecule has 1 aliphatic heterocycles. The quantitative estimate of drug-likeness (QED) is 0.697. The van der Waals surface area contributed by atoms with Crippen molar-refractivity contribution >= 4 is 11.8 Å². The predicted molar refractivity (Wildman–Crippen MR) is 109 cm³/mol. The first-order valence-electron chi connectivity index (χ1n) is 9.95. The third-order valence-corrected chi connectivity index (χ3v) is 5.32. The summed E-state index contributed by atoms with van der Waals surface area (Å²) in [7, 11) is 0. The van der Waals surface area contributed by atoms with E-state index in [-0.39, 0.29) is 34.9 Å². The Hall–Kier alpha value is -3.62. The number of amides is 2. The van der Waals surface area contributed by atoms with Gasteiger partial charge in [0.15, 0.2) is 5.69 Å². The summed E-state index contributed by atoms with van der Waals surface area (Å²) in [6.07, 6.45) is 2.68. The summed E-state index contributed by atoms with van der Waals surface area (Å²) in [5.41, 5.74) is 1.56. The molecule has 0 aliphatic carbocycles. The average Bonchev–Trinajstić information content (AvgIpc) is 3.26. The molecule has 0 spiro atoms. The van der Waals surface area contributed by atoms with Gasteiger partial charge >= 0.3 is 0 Å². The summed E-state index contributed by atoms with van der Waals surface area (Å²) >= 11 is 0. The normalized spacial score (nSPS) is 14.5. The van der Waals surface area contributed by atoms with Crippen LogP contribution in [-0.4, -0.2) is 50.8 Å². The van der Waals surface area contributed by atoms with Crippen molar-refractivity contribution in [2.24, 2.45) is 0 Å². The van der Waals surface area contributed by atoms with Gasteiger partial charge in [0.2, 0.25) is 0 Å². The van der Waals surface area contributed by atoms with Crippen LogP contribution in [0.4, 0.5) is 8.78 Å². The first-order valence-corrected chi connectivity index (χ1v) is 9.95. The Balaban J connectivity index is 1.35. The van der Waals surface area contributed by atoms with Gasteiger partial charge in [0.1, 0.15) is 11.6 Å². The fraction of sp³-hybridized carbons (Fsp3) is 0.273. The number of benzene rings is 2. The van der Waals surface area contributed by atoms with Crippen LogP contribution < -0.4 is 5.32 Å². The van der Waals surface area contributed by atoms with E-state index < -0.39 is 5.82 Å². The lowest BCUT2D eigenvalue weighted by atomic mass is 10.0. The molecule has 0 unspecified atom stereocenters. The van der Waals surface area contributed by atoms with Crippen LogP contribution in [-0.2, 0) is 0 Å². The lowest BCUT2D eigenvalue weighted by molar-refractivity contribution is 0.0692. The van der Waals surface area contributed by atoms with Gasteiger partial charge < -0.3 is 10.2 Å². The number of aryl methyl sites for hydroxylation is 1. The van der Waals surface area contributed by atoms with E-state index in [9.17, 15) is 18.4 Å². The van der Waals surface area contributed by atoms with Gasteiger partial charge in [-0.25, -0.2) is 13.5 Å². The van der Waals surface area contributed by atoms with Crippen LogP contribution in [0.25, 0.3) is 5.69 Å². The molecule has 1 fully saturated rings. The molecule has 1 aromatic heterocycles. The largest absolute Gasteiger partial charge is 0.349 e. The van der Waals surface area contributed by atoms with Crippen LogP contribution in [0, 0.1) is 18.6 Å². The van der Waals surface area contributed by atoms with Gasteiger partial charge in [0.25, 0.3) is 11.8 Å². The highest BCUT2D eigenvalue weighted by Gasteiger charge is 2.26. The highest BCUT2D eigenvalue weighted by atomic mass is 19.1. The number of piperidine rings is 1. The second-order valence-electron chi connectivity index (χ2n) is 7.53. The summed E-state index contributed by atoms with van der Waals surface area (Å²) in [5, 5.41) is 10.8. The number of carbonyl (C=O) groups is 2. The maximum Gasteiger partial charge on any atom is 0.276 e. The number of nitrogens with one attached hydrogen (secondary N) is 1. The van der Waals surface area contributed by atoms with Crippen LogP contribution in [0.5, 0.6) is 0 Å². The number of halogens is 2. The average molecular weight is 425 g/mol. The van der Waals surface area contributed by atoms with Crippen molar-refractivity contribution in [2.45, 2.75) is 25.8 Å². The molecule has 0 atom stereocenters. The third-order valence-electron chi connectivity index (χ3n) is 5.32. The Morgan fingerprint density at radius 2 is 1.87 bits per heavy atom. The Kier molecular flexibility index (Phi) is 5.75. The minimum absolute atomic E-state index is 0.0994. The molecule has 31 heavy (non-hydrogen) atoms. The molecule has 0 saturated carbocycles. The van der Waals surface area contributed by atoms with Crippen LogP contribution >= 0.6 is 0 Å². The number of aromatic nitrogens is 3. The van der Waals surface area contributed by atoms with Gasteiger partial charge in [0, 0.05) is 24.7 Å². The minimum Gasteiger partial charge on any atom is -0.349 e. The number of rotatable bonds is 4. The molecular formula is C22H21F2N5O2. The Morgan fingerprint density at radius 1 is 1.10 bits per heavy atom. The van der Waals surface area contributed by atoms with Crippen molar-refractivity contribution in [1.29, 1.82) is 0 Å². The molecule has 9 heteroatoms. The van der Waals surface area contributed by atoms with E-state index in [1.165, 1.54) is 35.1 Å². The van der Waals surface area contributed by atoms with Crippen LogP contribution in [0.15, 0.2) is 48.7 Å². The number of hydrogen-bond acceptors (Lipinski definition) is 4. The lowest BCUT2D eigenvalue weighted by Crippen LogP contribution is -2.46. The summed E-state index contributed by atoms with van der Waals surface area (Å²) in [6, 6.07) is 9.97. The number of nitrogens with zero attached hydrogens (tertiary/aromatic N) is 4. The molecule has 160 valence electrons. The molecule has 0 bridgehead atoms. The second-order valence-corrected chi connectivity index (χ2v) is 7.53. The van der Waals surface area contributed by atoms with E-state index in [2.05, 4.69) is 15.6 Å². The number of carbonyl (C=O) groups excluding carboxylic acids is 2. The zero-order chi connectivity index (χ0) is 22.0. The van der Waals surface area contributed by atoms with Crippen LogP contribution in [0.2, 0.25) is 0 Å². The summed E-state index contributed by atoms with van der Waals surface area (Å²) in [4.78, 5) is 26.7. The first kappa shape index (κ1) is 20.6. The van der Waals surface area contributed by atoms with Crippen molar-refractivity contribution in [3.8, 4) is 5.69 Å². The molecule has 1 saturated heterocycles. The topological polar surface area (TPSA) is 80.1 Å². The highest BCUT2D eigenvalue weighted by molar-refractivity contribution is 5.94. The van der Waals surface area contributed by atoms with E-state index in [0.29, 0.717) is 37.2 Å². The van der Waals surface area contributed by atoms with Crippen molar-refractivity contribution in [3.05, 3.63) is 77.1 Å². The van der Waals surface area contributed by atoms with Crippen LogP contribution in [0.3, 0.4) is 0 Å². The standard InChI is InChI=1S/C22H21F2N5O2/c1-14-11-18(5-6-19(14)24)29-13-20(26-27-29)22(31)28-9-7-17(8-10-28)25-21(30)15-3-2-4-16(23)12-15/h2-6,11-13,17H,7-10H2,1H3,(H,25,30). The van der Waals surface area contributed by atoms with Gasteiger partial charge in [-0.2, -0.15) is 0 Å². The van der Waals surface area contributed by atoms with Crippen molar-refractivity contribution in [2.75, 3.05) is 13.1 Å². The Morgan fingerprint density at radius 3 is 2.58 bits per heavy atom. The molecule has 7 nitrogen and oxygen atoms in total. The summed E-state index contributed by atoms with van der Waals surface area (Å²) < 4.78 is 28.2. The van der Waals surface area contributed by atoms with E-state index in [1.54, 1.807) is 30.0 Å². The van der Waals surface area contributed by atoms with E-state index in [0.717, 1.165) is 0 Å². The Bertz CT molecular complexity index is 1120. The maximum atomic E-state index is 13.5. The molecule has 3 aromatic rings. The van der Waals surface area contributed by atoms with Crippen LogP contribution in [0.1, 0.15) is 39.3 Å². The Labute approximate surface area is 177 Å². The summed E-state index contributed by atoms with van der Waals surface area (Å²) in [5.74, 6) is -1.36. The SMILES string of the molecule is Cc1cc(-n2cc(C(=O)N3CCC(NC(=O)c4cccc(F)c4)CC3)nn2)ccc1F. The first-order chi connectivity index (χ1) is 14.9. The van der Waals surface area contributed by atoms with Gasteiger partial charge in [-0.15, -0.1) is 5.10 Å². The molecule has 4 rings (SSSR count). The number of likely N-dealkylation sites (tertiary alicyclic amines) is 1. The molecule has 2 aromatic carbocycles. The molecule has 2 amide bonds. The second kappa shape index (κ2) is 8.63. The minimum atomic E-state index is -0.461. The van der Waals surface area contributed by atoms with Gasteiger partial charge in [0.05, 0.1) is 11.9 Å². The monoisotopic (exact) mass is 425 g/mol. The molecule has 1 aliphatic rings. The fourth-order valence-corrected chi connectivity index (χ4v) is 3.55. The van der Waals surface area contributed by atoms with Gasteiger partial charge in [-0.1, -0.05) is 11.3 Å². The van der Waals surface area contributed by atoms with E-state index >= 15 is 0 Å². The van der Waals surface area contributed by atoms with Crippen molar-refractivity contribution < 1.29 is 18.4 Å². The smallest absolute Gasteiger partial charge is 0.276 e. The fourth-order valence-electron chi connectivity index (χ4n) is 3.55. The van der Waals surface area contributed by atoms with Crippen molar-refractivity contribution in [1.82, 2.24) is 25.2 Å². The van der Waals surface area contributed by atoms with E-state index in [1.807, 2.05) is 0 Å².